The molecule has 0 atom stereocenters. The van der Waals surface area contributed by atoms with E-state index in [2.05, 4.69) is 30.2 Å². The van der Waals surface area contributed by atoms with E-state index in [9.17, 15) is 4.79 Å². The summed E-state index contributed by atoms with van der Waals surface area (Å²) in [7, 11) is 0. The quantitative estimate of drug-likeness (QED) is 0.832. The molecule has 1 aliphatic heterocycles. The zero-order valence-corrected chi connectivity index (χ0v) is 12.7. The number of anilines is 1. The number of nitrogens with zero attached hydrogens (tertiary/aromatic N) is 5. The number of carbonyl (C=O) groups excluding carboxylic acids is 1. The van der Waals surface area contributed by atoms with Gasteiger partial charge in [-0.1, -0.05) is 0 Å². The average Bonchev–Trinajstić information content (AvgIpc) is 3.14. The summed E-state index contributed by atoms with van der Waals surface area (Å²) in [6.07, 6.45) is 7.20. The molecule has 0 radical (unpaired) electrons. The standard InChI is InChI=1S/C15H18N6O2/c22-14(11-23-15-17-5-3-6-18-15)19-10-12-16-7-4-13(20-12)21-8-1-2-9-21/h3-7H,1-2,8-11H2,(H,19,22). The molecular weight excluding hydrogens is 296 g/mol. The van der Waals surface area contributed by atoms with Gasteiger partial charge in [0.2, 0.25) is 0 Å². The number of ether oxygens (including phenoxy) is 1. The SMILES string of the molecule is O=C(COc1ncccn1)NCc1nccc(N2CCCC2)n1. The number of nitrogens with one attached hydrogen (secondary N) is 1. The third-order valence-corrected chi connectivity index (χ3v) is 3.44. The topological polar surface area (TPSA) is 93.1 Å². The molecule has 1 N–H and O–H groups in total. The largest absolute Gasteiger partial charge is 0.453 e. The zero-order chi connectivity index (χ0) is 15.9. The van der Waals surface area contributed by atoms with E-state index in [1.54, 1.807) is 24.7 Å². The Kier molecular flexibility index (Phi) is 4.92. The Balaban J connectivity index is 1.48. The maximum absolute atomic E-state index is 11.8. The van der Waals surface area contributed by atoms with Crippen molar-refractivity contribution in [2.75, 3.05) is 24.6 Å². The molecule has 1 saturated heterocycles. The summed E-state index contributed by atoms with van der Waals surface area (Å²) in [6, 6.07) is 3.75. The highest BCUT2D eigenvalue weighted by Crippen LogP contribution is 2.16. The summed E-state index contributed by atoms with van der Waals surface area (Å²) in [5, 5.41) is 2.72. The van der Waals surface area contributed by atoms with Crippen LogP contribution in [0.15, 0.2) is 30.7 Å². The van der Waals surface area contributed by atoms with Gasteiger partial charge in [0.15, 0.2) is 6.61 Å². The molecule has 120 valence electrons. The summed E-state index contributed by atoms with van der Waals surface area (Å²) in [5.74, 6) is 1.22. The van der Waals surface area contributed by atoms with Crippen molar-refractivity contribution in [2.45, 2.75) is 19.4 Å². The molecule has 0 spiro atoms. The Morgan fingerprint density at radius 2 is 1.96 bits per heavy atom. The van der Waals surface area contributed by atoms with Crippen LogP contribution in [-0.4, -0.2) is 45.5 Å². The van der Waals surface area contributed by atoms with Crippen molar-refractivity contribution < 1.29 is 9.53 Å². The summed E-state index contributed by atoms with van der Waals surface area (Å²) in [5.41, 5.74) is 0. The van der Waals surface area contributed by atoms with Crippen molar-refractivity contribution in [1.29, 1.82) is 0 Å². The maximum atomic E-state index is 11.8. The van der Waals surface area contributed by atoms with E-state index in [1.165, 1.54) is 12.8 Å². The van der Waals surface area contributed by atoms with Crippen molar-refractivity contribution in [1.82, 2.24) is 25.3 Å². The minimum absolute atomic E-state index is 0.143. The highest BCUT2D eigenvalue weighted by molar-refractivity contribution is 5.77. The van der Waals surface area contributed by atoms with E-state index >= 15 is 0 Å². The second-order valence-electron chi connectivity index (χ2n) is 5.12. The predicted molar refractivity (Wildman–Crippen MR) is 82.9 cm³/mol. The molecule has 8 nitrogen and oxygen atoms in total. The normalized spacial score (nSPS) is 13.8. The number of rotatable bonds is 6. The third-order valence-electron chi connectivity index (χ3n) is 3.44. The molecule has 0 aliphatic carbocycles. The Bertz CT molecular complexity index is 645. The molecule has 2 aromatic rings. The number of hydrogen-bond acceptors (Lipinski definition) is 7. The molecule has 0 bridgehead atoms. The lowest BCUT2D eigenvalue weighted by atomic mass is 10.4. The van der Waals surface area contributed by atoms with Crippen LogP contribution in [-0.2, 0) is 11.3 Å². The van der Waals surface area contributed by atoms with E-state index < -0.39 is 0 Å². The first kappa shape index (κ1) is 15.1. The van der Waals surface area contributed by atoms with Crippen molar-refractivity contribution in [3.63, 3.8) is 0 Å². The smallest absolute Gasteiger partial charge is 0.316 e. The summed E-state index contributed by atoms with van der Waals surface area (Å²) < 4.78 is 5.18. The van der Waals surface area contributed by atoms with Gasteiger partial charge in [-0.2, -0.15) is 0 Å². The molecule has 2 aromatic heterocycles. The zero-order valence-electron chi connectivity index (χ0n) is 12.7. The highest BCUT2D eigenvalue weighted by Gasteiger charge is 2.14. The van der Waals surface area contributed by atoms with E-state index in [0.29, 0.717) is 5.82 Å². The van der Waals surface area contributed by atoms with Crippen molar-refractivity contribution in [2.24, 2.45) is 0 Å². The second kappa shape index (κ2) is 7.48. The van der Waals surface area contributed by atoms with Gasteiger partial charge in [-0.25, -0.2) is 19.9 Å². The minimum atomic E-state index is -0.271. The first-order valence-electron chi connectivity index (χ1n) is 7.54. The van der Waals surface area contributed by atoms with E-state index in [1.807, 2.05) is 6.07 Å². The van der Waals surface area contributed by atoms with Crippen molar-refractivity contribution in [3.8, 4) is 6.01 Å². The van der Waals surface area contributed by atoms with Crippen LogP contribution in [0.2, 0.25) is 0 Å². The molecule has 1 fully saturated rings. The lowest BCUT2D eigenvalue weighted by Gasteiger charge is -2.16. The van der Waals surface area contributed by atoms with Gasteiger partial charge >= 0.3 is 6.01 Å². The van der Waals surface area contributed by atoms with Gasteiger partial charge in [0, 0.05) is 31.7 Å². The van der Waals surface area contributed by atoms with Crippen molar-refractivity contribution >= 4 is 11.7 Å². The van der Waals surface area contributed by atoms with Crippen LogP contribution >= 0.6 is 0 Å². The van der Waals surface area contributed by atoms with Gasteiger partial charge in [-0.05, 0) is 25.0 Å². The van der Waals surface area contributed by atoms with Gasteiger partial charge in [0.1, 0.15) is 11.6 Å². The highest BCUT2D eigenvalue weighted by atomic mass is 16.5. The minimum Gasteiger partial charge on any atom is -0.453 e. The Labute approximate surface area is 134 Å². The number of carbonyl (C=O) groups is 1. The van der Waals surface area contributed by atoms with Gasteiger partial charge in [0.05, 0.1) is 6.54 Å². The van der Waals surface area contributed by atoms with Gasteiger partial charge < -0.3 is 15.0 Å². The molecule has 1 aliphatic rings. The molecule has 1 amide bonds. The van der Waals surface area contributed by atoms with Gasteiger partial charge in [-0.3, -0.25) is 4.79 Å². The molecule has 3 rings (SSSR count). The summed E-state index contributed by atoms with van der Waals surface area (Å²) >= 11 is 0. The molecule has 23 heavy (non-hydrogen) atoms. The van der Waals surface area contributed by atoms with Crippen LogP contribution in [0.5, 0.6) is 6.01 Å². The van der Waals surface area contributed by atoms with E-state index in [4.69, 9.17) is 4.74 Å². The summed E-state index contributed by atoms with van der Waals surface area (Å²) in [6.45, 7) is 2.16. The van der Waals surface area contributed by atoms with Crippen LogP contribution < -0.4 is 15.0 Å². The van der Waals surface area contributed by atoms with Crippen LogP contribution in [0, 0.1) is 0 Å². The van der Waals surface area contributed by atoms with Gasteiger partial charge in [-0.15, -0.1) is 0 Å². The van der Waals surface area contributed by atoms with Crippen LogP contribution in [0.25, 0.3) is 0 Å². The fourth-order valence-corrected chi connectivity index (χ4v) is 2.31. The number of amides is 1. The molecule has 0 unspecified atom stereocenters. The van der Waals surface area contributed by atoms with Crippen LogP contribution in [0.3, 0.4) is 0 Å². The summed E-state index contributed by atoms with van der Waals surface area (Å²) in [4.78, 5) is 30.4. The molecule has 0 saturated carbocycles. The Hall–Kier alpha value is -2.77. The average molecular weight is 314 g/mol. The first-order chi connectivity index (χ1) is 11.3. The molecule has 8 heteroatoms. The monoisotopic (exact) mass is 314 g/mol. The predicted octanol–water partition coefficient (Wildman–Crippen LogP) is 0.562. The van der Waals surface area contributed by atoms with Gasteiger partial charge in [0.25, 0.3) is 5.91 Å². The molecular formula is C15H18N6O2. The molecule has 3 heterocycles. The first-order valence-corrected chi connectivity index (χ1v) is 7.54. The Morgan fingerprint density at radius 3 is 2.74 bits per heavy atom. The van der Waals surface area contributed by atoms with Crippen molar-refractivity contribution in [3.05, 3.63) is 36.5 Å². The van der Waals surface area contributed by atoms with Crippen LogP contribution in [0.1, 0.15) is 18.7 Å². The van der Waals surface area contributed by atoms with Crippen LogP contribution in [0.4, 0.5) is 5.82 Å². The number of aromatic nitrogens is 4. The lowest BCUT2D eigenvalue weighted by molar-refractivity contribution is -0.123. The second-order valence-corrected chi connectivity index (χ2v) is 5.12. The lowest BCUT2D eigenvalue weighted by Crippen LogP contribution is -2.29. The third kappa shape index (κ3) is 4.35. The van der Waals surface area contributed by atoms with E-state index in [-0.39, 0.29) is 25.1 Å². The number of hydrogen-bond donors (Lipinski definition) is 1. The fraction of sp³-hybridized carbons (Fsp3) is 0.400. The van der Waals surface area contributed by atoms with E-state index in [0.717, 1.165) is 18.9 Å². The molecule has 0 aromatic carbocycles. The fourth-order valence-electron chi connectivity index (χ4n) is 2.31. The Morgan fingerprint density at radius 1 is 1.17 bits per heavy atom. The maximum Gasteiger partial charge on any atom is 0.316 e.